The van der Waals surface area contributed by atoms with Crippen molar-refractivity contribution in [3.8, 4) is 0 Å². The van der Waals surface area contributed by atoms with Gasteiger partial charge < -0.3 is 14.6 Å². The van der Waals surface area contributed by atoms with E-state index in [0.717, 1.165) is 37.3 Å². The lowest BCUT2D eigenvalue weighted by Crippen LogP contribution is -2.49. The second kappa shape index (κ2) is 6.61. The summed E-state index contributed by atoms with van der Waals surface area (Å²) in [6.45, 7) is 3.49. The standard InChI is InChI=1S/C19H19N5O3S/c25-28(26)17-8-4-2-6-15(17)20-18(22-28)13-23-9-11-24(12-10-23)19-21-14-5-1-3-7-16(14)27-19/h1-8H,9-13H2,(H,20,22). The molecule has 2 aliphatic heterocycles. The van der Waals surface area contributed by atoms with E-state index >= 15 is 0 Å². The Bertz CT molecular complexity index is 1130. The van der Waals surface area contributed by atoms with Crippen LogP contribution in [-0.2, 0) is 10.0 Å². The van der Waals surface area contributed by atoms with E-state index in [1.807, 2.05) is 30.3 Å². The van der Waals surface area contributed by atoms with Crippen LogP contribution in [-0.4, -0.2) is 56.9 Å². The van der Waals surface area contributed by atoms with Crippen LogP contribution in [0, 0.1) is 0 Å². The lowest BCUT2D eigenvalue weighted by atomic mass is 10.3. The predicted molar refractivity (Wildman–Crippen MR) is 107 cm³/mol. The van der Waals surface area contributed by atoms with Crippen molar-refractivity contribution in [1.29, 1.82) is 0 Å². The topological polar surface area (TPSA) is 91.0 Å². The van der Waals surface area contributed by atoms with Crippen LogP contribution >= 0.6 is 0 Å². The Kier molecular flexibility index (Phi) is 4.06. The highest BCUT2D eigenvalue weighted by Crippen LogP contribution is 2.27. The highest BCUT2D eigenvalue weighted by molar-refractivity contribution is 7.90. The Balaban J connectivity index is 1.26. The van der Waals surface area contributed by atoms with Gasteiger partial charge in [0.15, 0.2) is 5.58 Å². The van der Waals surface area contributed by atoms with Gasteiger partial charge in [-0.25, -0.2) is 0 Å². The van der Waals surface area contributed by atoms with Gasteiger partial charge in [-0.3, -0.25) is 4.90 Å². The molecule has 0 unspecified atom stereocenters. The first-order valence-corrected chi connectivity index (χ1v) is 10.6. The van der Waals surface area contributed by atoms with E-state index in [9.17, 15) is 8.42 Å². The Morgan fingerprint density at radius 3 is 2.57 bits per heavy atom. The molecule has 1 saturated heterocycles. The van der Waals surface area contributed by atoms with Gasteiger partial charge in [0, 0.05) is 26.2 Å². The molecule has 1 fully saturated rings. The molecular weight excluding hydrogens is 378 g/mol. The molecule has 5 rings (SSSR count). The first-order valence-electron chi connectivity index (χ1n) is 9.11. The third kappa shape index (κ3) is 3.12. The lowest BCUT2D eigenvalue weighted by Gasteiger charge is -2.34. The molecule has 0 aliphatic carbocycles. The summed E-state index contributed by atoms with van der Waals surface area (Å²) in [5.41, 5.74) is 2.21. The summed E-state index contributed by atoms with van der Waals surface area (Å²) in [7, 11) is -3.65. The molecular formula is C19H19N5O3S. The van der Waals surface area contributed by atoms with Crippen LogP contribution < -0.4 is 10.2 Å². The molecule has 0 spiro atoms. The minimum atomic E-state index is -3.65. The molecule has 144 valence electrons. The fourth-order valence-corrected chi connectivity index (χ4v) is 4.68. The maximum absolute atomic E-state index is 12.4. The zero-order valence-corrected chi connectivity index (χ0v) is 15.9. The fraction of sp³-hybridized carbons (Fsp3) is 0.263. The molecule has 1 aromatic heterocycles. The fourth-order valence-electron chi connectivity index (χ4n) is 3.54. The largest absolute Gasteiger partial charge is 0.423 e. The number of hydrogen-bond acceptors (Lipinski definition) is 7. The molecule has 0 atom stereocenters. The van der Waals surface area contributed by atoms with E-state index in [1.165, 1.54) is 0 Å². The van der Waals surface area contributed by atoms with Gasteiger partial charge in [0.25, 0.3) is 16.0 Å². The molecule has 28 heavy (non-hydrogen) atoms. The number of aromatic nitrogens is 1. The molecule has 3 aromatic rings. The van der Waals surface area contributed by atoms with Gasteiger partial charge in [-0.05, 0) is 24.3 Å². The van der Waals surface area contributed by atoms with Gasteiger partial charge in [0.1, 0.15) is 16.2 Å². The van der Waals surface area contributed by atoms with Gasteiger partial charge >= 0.3 is 0 Å². The van der Waals surface area contributed by atoms with Crippen molar-refractivity contribution < 1.29 is 12.8 Å². The van der Waals surface area contributed by atoms with Crippen LogP contribution in [0.15, 0.2) is 62.2 Å². The summed E-state index contributed by atoms with van der Waals surface area (Å²) in [6.07, 6.45) is 0. The van der Waals surface area contributed by atoms with Gasteiger partial charge in [-0.1, -0.05) is 24.3 Å². The van der Waals surface area contributed by atoms with Gasteiger partial charge in [-0.2, -0.15) is 13.4 Å². The summed E-state index contributed by atoms with van der Waals surface area (Å²) < 4.78 is 34.5. The summed E-state index contributed by atoms with van der Waals surface area (Å²) in [4.78, 5) is 9.05. The van der Waals surface area contributed by atoms with Crippen molar-refractivity contribution in [2.75, 3.05) is 42.9 Å². The maximum atomic E-state index is 12.4. The highest BCUT2D eigenvalue weighted by Gasteiger charge is 2.27. The van der Waals surface area contributed by atoms with E-state index in [-0.39, 0.29) is 4.90 Å². The minimum Gasteiger partial charge on any atom is -0.423 e. The predicted octanol–water partition coefficient (Wildman–Crippen LogP) is 2.16. The monoisotopic (exact) mass is 397 g/mol. The van der Waals surface area contributed by atoms with E-state index in [1.54, 1.807) is 18.2 Å². The summed E-state index contributed by atoms with van der Waals surface area (Å²) in [5.74, 6) is 0.453. The van der Waals surface area contributed by atoms with Crippen molar-refractivity contribution in [3.05, 3.63) is 48.5 Å². The summed E-state index contributed by atoms with van der Waals surface area (Å²) in [6, 6.07) is 15.2. The smallest absolute Gasteiger partial charge is 0.298 e. The number of sulfonamides is 1. The first kappa shape index (κ1) is 17.2. The number of benzene rings is 2. The summed E-state index contributed by atoms with van der Waals surface area (Å²) in [5, 5.41) is 3.15. The minimum absolute atomic E-state index is 0.222. The van der Waals surface area contributed by atoms with Crippen LogP contribution in [0.1, 0.15) is 0 Å². The SMILES string of the molecule is O=S1(=O)N=C(CN2CCN(c3nc4ccccc4o3)CC2)Nc2ccccc21. The van der Waals surface area contributed by atoms with Crippen LogP contribution in [0.3, 0.4) is 0 Å². The Labute approximate surface area is 162 Å². The molecule has 2 aromatic carbocycles. The van der Waals surface area contributed by atoms with Gasteiger partial charge in [0.2, 0.25) is 0 Å². The van der Waals surface area contributed by atoms with Crippen LogP contribution in [0.2, 0.25) is 0 Å². The Morgan fingerprint density at radius 1 is 1.00 bits per heavy atom. The molecule has 0 saturated carbocycles. The Hall–Kier alpha value is -2.91. The number of piperazine rings is 1. The van der Waals surface area contributed by atoms with E-state index in [2.05, 4.69) is 24.5 Å². The average Bonchev–Trinajstić information content (AvgIpc) is 3.12. The number of nitrogens with one attached hydrogen (secondary N) is 1. The van der Waals surface area contributed by atoms with E-state index < -0.39 is 10.0 Å². The van der Waals surface area contributed by atoms with Gasteiger partial charge in [0.05, 0.1) is 12.2 Å². The molecule has 2 aliphatic rings. The zero-order chi connectivity index (χ0) is 19.1. The quantitative estimate of drug-likeness (QED) is 0.724. The maximum Gasteiger partial charge on any atom is 0.298 e. The third-order valence-corrected chi connectivity index (χ3v) is 6.35. The van der Waals surface area contributed by atoms with E-state index in [0.29, 0.717) is 24.1 Å². The van der Waals surface area contributed by atoms with Crippen molar-refractivity contribution >= 4 is 38.7 Å². The lowest BCUT2D eigenvalue weighted by molar-refractivity contribution is 0.286. The molecule has 0 radical (unpaired) electrons. The number of fused-ring (bicyclic) bond motifs is 2. The van der Waals surface area contributed by atoms with Crippen LogP contribution in [0.25, 0.3) is 11.1 Å². The molecule has 0 bridgehead atoms. The molecule has 3 heterocycles. The highest BCUT2D eigenvalue weighted by atomic mass is 32.2. The number of oxazole rings is 1. The number of rotatable bonds is 3. The molecule has 1 N–H and O–H groups in total. The number of hydrogen-bond donors (Lipinski definition) is 1. The van der Waals surface area contributed by atoms with Crippen LogP contribution in [0.4, 0.5) is 11.7 Å². The number of amidine groups is 1. The van der Waals surface area contributed by atoms with Crippen LogP contribution in [0.5, 0.6) is 0 Å². The van der Waals surface area contributed by atoms with Gasteiger partial charge in [-0.15, -0.1) is 4.40 Å². The second-order valence-corrected chi connectivity index (χ2v) is 8.43. The van der Waals surface area contributed by atoms with E-state index in [4.69, 9.17) is 4.42 Å². The third-order valence-electron chi connectivity index (χ3n) is 4.97. The number of nitrogens with zero attached hydrogens (tertiary/aromatic N) is 4. The summed E-state index contributed by atoms with van der Waals surface area (Å²) >= 11 is 0. The zero-order valence-electron chi connectivity index (χ0n) is 15.1. The average molecular weight is 397 g/mol. The molecule has 0 amide bonds. The molecule has 8 nitrogen and oxygen atoms in total. The van der Waals surface area contributed by atoms with Crippen molar-refractivity contribution in [2.45, 2.75) is 4.90 Å². The van der Waals surface area contributed by atoms with Crippen molar-refractivity contribution in [2.24, 2.45) is 4.40 Å². The normalized spacial score (nSPS) is 19.1. The Morgan fingerprint density at radius 2 is 1.75 bits per heavy atom. The van der Waals surface area contributed by atoms with Crippen molar-refractivity contribution in [3.63, 3.8) is 0 Å². The first-order chi connectivity index (χ1) is 13.6. The second-order valence-electron chi connectivity index (χ2n) is 6.86. The molecule has 9 heteroatoms. The van der Waals surface area contributed by atoms with Crippen molar-refractivity contribution in [1.82, 2.24) is 9.88 Å². The number of anilines is 2. The number of para-hydroxylation sites is 3.